The molecule has 0 radical (unpaired) electrons. The lowest BCUT2D eigenvalue weighted by molar-refractivity contribution is -0.138. The van der Waals surface area contributed by atoms with Crippen LogP contribution in [0.3, 0.4) is 0 Å². The summed E-state index contributed by atoms with van der Waals surface area (Å²) in [5, 5.41) is 15.4. The van der Waals surface area contributed by atoms with Gasteiger partial charge in [-0.05, 0) is 56.1 Å². The SMILES string of the molecule is O=C(O)C[C@H](NC(=O)[C@H]1C[C@@H](CCc2ccc3c(n2)NCCC3)C1)c1cncnc1. The molecule has 1 aliphatic carbocycles. The highest BCUT2D eigenvalue weighted by atomic mass is 16.4. The number of carboxylic acid groups (broad SMARTS) is 1. The second-order valence-electron chi connectivity index (χ2n) is 8.24. The number of pyridine rings is 1. The molecule has 0 unspecified atom stereocenters. The van der Waals surface area contributed by atoms with Crippen molar-refractivity contribution in [2.24, 2.45) is 11.8 Å². The monoisotopic (exact) mass is 409 g/mol. The molecule has 1 fully saturated rings. The maximum Gasteiger partial charge on any atom is 0.305 e. The Balaban J connectivity index is 1.25. The van der Waals surface area contributed by atoms with E-state index in [1.54, 1.807) is 12.4 Å². The Kier molecular flexibility index (Phi) is 6.21. The maximum absolute atomic E-state index is 12.6. The highest BCUT2D eigenvalue weighted by Gasteiger charge is 2.35. The lowest BCUT2D eigenvalue weighted by atomic mass is 9.72. The largest absolute Gasteiger partial charge is 0.481 e. The van der Waals surface area contributed by atoms with Crippen LogP contribution in [-0.2, 0) is 22.4 Å². The van der Waals surface area contributed by atoms with Crippen LogP contribution in [-0.4, -0.2) is 38.5 Å². The number of carbonyl (C=O) groups is 2. The number of fused-ring (bicyclic) bond motifs is 1. The van der Waals surface area contributed by atoms with Crippen molar-refractivity contribution >= 4 is 17.7 Å². The molecule has 8 nitrogen and oxygen atoms in total. The summed E-state index contributed by atoms with van der Waals surface area (Å²) >= 11 is 0. The van der Waals surface area contributed by atoms with Crippen molar-refractivity contribution in [3.05, 3.63) is 47.7 Å². The molecule has 2 aromatic rings. The quantitative estimate of drug-likeness (QED) is 0.613. The van der Waals surface area contributed by atoms with Crippen molar-refractivity contribution < 1.29 is 14.7 Å². The number of nitrogens with one attached hydrogen (secondary N) is 2. The number of aromatic nitrogens is 3. The molecule has 0 spiro atoms. The third-order valence-corrected chi connectivity index (χ3v) is 6.05. The number of rotatable bonds is 8. The predicted octanol–water partition coefficient (Wildman–Crippen LogP) is 2.52. The van der Waals surface area contributed by atoms with Crippen molar-refractivity contribution in [2.75, 3.05) is 11.9 Å². The van der Waals surface area contributed by atoms with Gasteiger partial charge in [0.25, 0.3) is 0 Å². The van der Waals surface area contributed by atoms with Gasteiger partial charge in [0.15, 0.2) is 0 Å². The molecule has 30 heavy (non-hydrogen) atoms. The molecule has 4 rings (SSSR count). The molecule has 1 amide bonds. The molecule has 3 heterocycles. The number of aliphatic carboxylic acids is 1. The zero-order valence-corrected chi connectivity index (χ0v) is 16.9. The summed E-state index contributed by atoms with van der Waals surface area (Å²) in [5.74, 6) is 0.415. The van der Waals surface area contributed by atoms with E-state index in [0.717, 1.165) is 56.6 Å². The first-order valence-corrected chi connectivity index (χ1v) is 10.6. The topological polar surface area (TPSA) is 117 Å². The summed E-state index contributed by atoms with van der Waals surface area (Å²) in [6.07, 6.45) is 10.1. The molecule has 3 N–H and O–H groups in total. The van der Waals surface area contributed by atoms with E-state index in [1.165, 1.54) is 11.9 Å². The van der Waals surface area contributed by atoms with E-state index < -0.39 is 12.0 Å². The molecule has 0 saturated heterocycles. The van der Waals surface area contributed by atoms with E-state index in [4.69, 9.17) is 10.1 Å². The standard InChI is InChI=1S/C22H27N5O3/c28-20(29)10-19(17-11-23-13-24-12-17)27-22(30)16-8-14(9-16)3-5-18-6-4-15-2-1-7-25-21(15)26-18/h4,6,11-14,16,19H,1-3,5,7-10H2,(H,25,26)(H,27,30)(H,28,29)/t14-,16+,19-/m0/s1. The van der Waals surface area contributed by atoms with Gasteiger partial charge < -0.3 is 15.7 Å². The average Bonchev–Trinajstić information content (AvgIpc) is 2.72. The Hall–Kier alpha value is -3.03. The molecule has 1 aliphatic heterocycles. The fourth-order valence-electron chi connectivity index (χ4n) is 4.25. The summed E-state index contributed by atoms with van der Waals surface area (Å²) in [6, 6.07) is 3.69. The third-order valence-electron chi connectivity index (χ3n) is 6.05. The zero-order valence-electron chi connectivity index (χ0n) is 16.9. The van der Waals surface area contributed by atoms with Gasteiger partial charge in [-0.15, -0.1) is 0 Å². The molecular weight excluding hydrogens is 382 g/mol. The Morgan fingerprint density at radius 3 is 2.80 bits per heavy atom. The Morgan fingerprint density at radius 1 is 1.23 bits per heavy atom. The van der Waals surface area contributed by atoms with Gasteiger partial charge in [-0.1, -0.05) is 6.07 Å². The molecule has 0 bridgehead atoms. The van der Waals surface area contributed by atoms with Crippen LogP contribution in [0, 0.1) is 11.8 Å². The van der Waals surface area contributed by atoms with Gasteiger partial charge in [-0.25, -0.2) is 15.0 Å². The number of hydrogen-bond donors (Lipinski definition) is 3. The first-order chi connectivity index (χ1) is 14.6. The number of anilines is 1. The summed E-state index contributed by atoms with van der Waals surface area (Å²) in [7, 11) is 0. The molecule has 2 aromatic heterocycles. The van der Waals surface area contributed by atoms with Gasteiger partial charge in [0, 0.05) is 36.1 Å². The molecule has 2 aliphatic rings. The van der Waals surface area contributed by atoms with Crippen LogP contribution in [0.4, 0.5) is 5.82 Å². The predicted molar refractivity (Wildman–Crippen MR) is 111 cm³/mol. The van der Waals surface area contributed by atoms with Crippen molar-refractivity contribution in [1.29, 1.82) is 0 Å². The number of carbonyl (C=O) groups excluding carboxylic acids is 1. The van der Waals surface area contributed by atoms with E-state index >= 15 is 0 Å². The summed E-state index contributed by atoms with van der Waals surface area (Å²) in [6.45, 7) is 0.987. The molecular formula is C22H27N5O3. The maximum atomic E-state index is 12.6. The smallest absolute Gasteiger partial charge is 0.305 e. The van der Waals surface area contributed by atoms with Crippen LogP contribution in [0.1, 0.15) is 55.0 Å². The Labute approximate surface area is 175 Å². The van der Waals surface area contributed by atoms with E-state index in [-0.39, 0.29) is 18.2 Å². The second kappa shape index (κ2) is 9.19. The number of carboxylic acids is 1. The fourth-order valence-corrected chi connectivity index (χ4v) is 4.25. The fraction of sp³-hybridized carbons (Fsp3) is 0.500. The van der Waals surface area contributed by atoms with Crippen LogP contribution >= 0.6 is 0 Å². The molecule has 1 atom stereocenters. The minimum Gasteiger partial charge on any atom is -0.481 e. The first-order valence-electron chi connectivity index (χ1n) is 10.6. The number of hydrogen-bond acceptors (Lipinski definition) is 6. The lowest BCUT2D eigenvalue weighted by Crippen LogP contribution is -2.41. The van der Waals surface area contributed by atoms with Gasteiger partial charge in [0.1, 0.15) is 12.1 Å². The van der Waals surface area contributed by atoms with Crippen LogP contribution in [0.5, 0.6) is 0 Å². The van der Waals surface area contributed by atoms with Crippen molar-refractivity contribution in [3.63, 3.8) is 0 Å². The summed E-state index contributed by atoms with van der Waals surface area (Å²) < 4.78 is 0. The van der Waals surface area contributed by atoms with Crippen molar-refractivity contribution in [2.45, 2.75) is 51.0 Å². The second-order valence-corrected chi connectivity index (χ2v) is 8.24. The molecule has 8 heteroatoms. The Bertz CT molecular complexity index is 899. The van der Waals surface area contributed by atoms with Gasteiger partial charge in [0.05, 0.1) is 12.5 Å². The normalized spacial score (nSPS) is 20.9. The Morgan fingerprint density at radius 2 is 2.03 bits per heavy atom. The highest BCUT2D eigenvalue weighted by molar-refractivity contribution is 5.80. The molecule has 0 aromatic carbocycles. The first kappa shape index (κ1) is 20.3. The molecule has 158 valence electrons. The van der Waals surface area contributed by atoms with Crippen molar-refractivity contribution in [1.82, 2.24) is 20.3 Å². The minimum absolute atomic E-state index is 0.0610. The summed E-state index contributed by atoms with van der Waals surface area (Å²) in [4.78, 5) is 36.4. The van der Waals surface area contributed by atoms with E-state index in [2.05, 4.69) is 32.7 Å². The zero-order chi connectivity index (χ0) is 20.9. The van der Waals surface area contributed by atoms with Gasteiger partial charge >= 0.3 is 5.97 Å². The highest BCUT2D eigenvalue weighted by Crippen LogP contribution is 2.37. The van der Waals surface area contributed by atoms with E-state index in [1.807, 2.05) is 0 Å². The number of amides is 1. The van der Waals surface area contributed by atoms with Gasteiger partial charge in [-0.3, -0.25) is 9.59 Å². The van der Waals surface area contributed by atoms with Gasteiger partial charge in [0.2, 0.25) is 5.91 Å². The summed E-state index contributed by atoms with van der Waals surface area (Å²) in [5.41, 5.74) is 3.00. The number of aryl methyl sites for hydroxylation is 2. The van der Waals surface area contributed by atoms with Crippen LogP contribution in [0.2, 0.25) is 0 Å². The molecule has 1 saturated carbocycles. The minimum atomic E-state index is -0.970. The van der Waals surface area contributed by atoms with E-state index in [9.17, 15) is 9.59 Å². The van der Waals surface area contributed by atoms with Crippen LogP contribution in [0.15, 0.2) is 30.9 Å². The van der Waals surface area contributed by atoms with Crippen LogP contribution < -0.4 is 10.6 Å². The van der Waals surface area contributed by atoms with Crippen molar-refractivity contribution in [3.8, 4) is 0 Å². The number of nitrogens with zero attached hydrogens (tertiary/aromatic N) is 3. The van der Waals surface area contributed by atoms with E-state index in [0.29, 0.717) is 11.5 Å². The third kappa shape index (κ3) is 4.93. The average molecular weight is 409 g/mol. The lowest BCUT2D eigenvalue weighted by Gasteiger charge is -2.35. The van der Waals surface area contributed by atoms with Crippen LogP contribution in [0.25, 0.3) is 0 Å². The van der Waals surface area contributed by atoms with Gasteiger partial charge in [-0.2, -0.15) is 0 Å².